The maximum absolute atomic E-state index is 12.9. The van der Waals surface area contributed by atoms with E-state index in [1.807, 2.05) is 0 Å². The van der Waals surface area contributed by atoms with Crippen LogP contribution in [0.2, 0.25) is 0 Å². The molecular weight excluding hydrogens is 416 g/mol. The monoisotopic (exact) mass is 438 g/mol. The van der Waals surface area contributed by atoms with Gasteiger partial charge >= 0.3 is 0 Å². The van der Waals surface area contributed by atoms with Gasteiger partial charge in [-0.2, -0.15) is 4.31 Å². The molecule has 1 saturated heterocycles. The Morgan fingerprint density at radius 2 is 1.69 bits per heavy atom. The zero-order valence-electron chi connectivity index (χ0n) is 16.1. The molecule has 29 heavy (non-hydrogen) atoms. The summed E-state index contributed by atoms with van der Waals surface area (Å²) in [7, 11) is -7.31. The molecule has 1 aliphatic heterocycles. The lowest BCUT2D eigenvalue weighted by molar-refractivity contribution is 0.0730. The van der Waals surface area contributed by atoms with Crippen LogP contribution in [0.4, 0.5) is 5.69 Å². The molecule has 0 aliphatic carbocycles. The number of carbonyl (C=O) groups excluding carboxylic acids is 1. The van der Waals surface area contributed by atoms with Crippen molar-refractivity contribution >= 4 is 31.5 Å². The van der Waals surface area contributed by atoms with E-state index in [1.165, 1.54) is 28.6 Å². The Morgan fingerprint density at radius 1 is 1.03 bits per heavy atom. The summed E-state index contributed by atoms with van der Waals surface area (Å²) in [6.07, 6.45) is 1.05. The molecular formula is C19H22N2O6S2. The summed E-state index contributed by atoms with van der Waals surface area (Å²) in [5, 5.41) is 2.59. The van der Waals surface area contributed by atoms with Crippen LogP contribution in [-0.2, 0) is 24.6 Å². The summed E-state index contributed by atoms with van der Waals surface area (Å²) in [6.45, 7) is 2.82. The van der Waals surface area contributed by atoms with Crippen LogP contribution in [0.3, 0.4) is 0 Å². The number of benzene rings is 2. The van der Waals surface area contributed by atoms with Gasteiger partial charge in [0.2, 0.25) is 10.0 Å². The molecule has 0 atom stereocenters. The lowest BCUT2D eigenvalue weighted by Gasteiger charge is -2.26. The van der Waals surface area contributed by atoms with Crippen LogP contribution in [-0.4, -0.2) is 59.6 Å². The Morgan fingerprint density at radius 3 is 2.34 bits per heavy atom. The Balaban J connectivity index is 1.94. The number of hydrogen-bond acceptors (Lipinski definition) is 6. The summed E-state index contributed by atoms with van der Waals surface area (Å²) in [5.41, 5.74) is 0.865. The van der Waals surface area contributed by atoms with E-state index in [-0.39, 0.29) is 34.1 Å². The SMILES string of the molecule is Cc1ccc(S(=O)(=O)N2CCOCC2)cc1C(=O)Nc1ccccc1S(C)(=O)=O. The Labute approximate surface area is 170 Å². The largest absolute Gasteiger partial charge is 0.379 e. The summed E-state index contributed by atoms with van der Waals surface area (Å²) in [4.78, 5) is 12.8. The van der Waals surface area contributed by atoms with E-state index >= 15 is 0 Å². The summed E-state index contributed by atoms with van der Waals surface area (Å²) >= 11 is 0. The van der Waals surface area contributed by atoms with Gasteiger partial charge in [0.25, 0.3) is 5.91 Å². The molecule has 0 aromatic heterocycles. The van der Waals surface area contributed by atoms with Crippen molar-refractivity contribution in [3.8, 4) is 0 Å². The Kier molecular flexibility index (Phi) is 6.08. The van der Waals surface area contributed by atoms with Gasteiger partial charge < -0.3 is 10.1 Å². The van der Waals surface area contributed by atoms with E-state index in [0.29, 0.717) is 18.8 Å². The van der Waals surface area contributed by atoms with E-state index in [1.54, 1.807) is 25.1 Å². The van der Waals surface area contributed by atoms with Gasteiger partial charge in [-0.1, -0.05) is 18.2 Å². The fourth-order valence-electron chi connectivity index (χ4n) is 3.03. The zero-order valence-corrected chi connectivity index (χ0v) is 17.7. The lowest BCUT2D eigenvalue weighted by atomic mass is 10.1. The number of para-hydroxylation sites is 1. The molecule has 10 heteroatoms. The molecule has 0 radical (unpaired) electrons. The molecule has 8 nitrogen and oxygen atoms in total. The van der Waals surface area contributed by atoms with Crippen molar-refractivity contribution in [3.63, 3.8) is 0 Å². The lowest BCUT2D eigenvalue weighted by Crippen LogP contribution is -2.40. The zero-order chi connectivity index (χ0) is 21.2. The van der Waals surface area contributed by atoms with Gasteiger partial charge in [-0.15, -0.1) is 0 Å². The molecule has 0 spiro atoms. The van der Waals surface area contributed by atoms with Crippen molar-refractivity contribution in [2.24, 2.45) is 0 Å². The predicted octanol–water partition coefficient (Wildman–Crippen LogP) is 1.67. The van der Waals surface area contributed by atoms with Gasteiger partial charge in [-0.3, -0.25) is 4.79 Å². The molecule has 1 amide bonds. The summed E-state index contributed by atoms with van der Waals surface area (Å²) < 4.78 is 56.2. The minimum absolute atomic E-state index is 0.00606. The quantitative estimate of drug-likeness (QED) is 0.760. The van der Waals surface area contributed by atoms with Gasteiger partial charge in [0.1, 0.15) is 0 Å². The molecule has 1 fully saturated rings. The predicted molar refractivity (Wildman–Crippen MR) is 108 cm³/mol. The van der Waals surface area contributed by atoms with Gasteiger partial charge in [-0.05, 0) is 36.8 Å². The van der Waals surface area contributed by atoms with E-state index in [9.17, 15) is 21.6 Å². The molecule has 0 unspecified atom stereocenters. The minimum Gasteiger partial charge on any atom is -0.379 e. The van der Waals surface area contributed by atoms with Crippen molar-refractivity contribution in [1.29, 1.82) is 0 Å². The van der Waals surface area contributed by atoms with Crippen LogP contribution < -0.4 is 5.32 Å². The Hall–Kier alpha value is -2.27. The highest BCUT2D eigenvalue weighted by atomic mass is 32.2. The smallest absolute Gasteiger partial charge is 0.256 e. The van der Waals surface area contributed by atoms with E-state index in [4.69, 9.17) is 4.74 Å². The van der Waals surface area contributed by atoms with Gasteiger partial charge in [0.15, 0.2) is 9.84 Å². The normalized spacial score (nSPS) is 15.8. The first kappa shape index (κ1) is 21.4. The van der Waals surface area contributed by atoms with E-state index < -0.39 is 25.8 Å². The number of sulfone groups is 1. The highest BCUT2D eigenvalue weighted by Gasteiger charge is 2.27. The van der Waals surface area contributed by atoms with Gasteiger partial charge in [0, 0.05) is 24.9 Å². The van der Waals surface area contributed by atoms with Crippen molar-refractivity contribution in [1.82, 2.24) is 4.31 Å². The number of morpholine rings is 1. The van der Waals surface area contributed by atoms with Gasteiger partial charge in [0.05, 0.1) is 28.7 Å². The first-order valence-electron chi connectivity index (χ1n) is 8.90. The second kappa shape index (κ2) is 8.23. The fourth-order valence-corrected chi connectivity index (χ4v) is 5.30. The summed E-state index contributed by atoms with van der Waals surface area (Å²) in [6, 6.07) is 10.4. The summed E-state index contributed by atoms with van der Waals surface area (Å²) in [5.74, 6) is -0.586. The molecule has 3 rings (SSSR count). The molecule has 156 valence electrons. The first-order chi connectivity index (χ1) is 13.6. The van der Waals surface area contributed by atoms with Crippen LogP contribution in [0.1, 0.15) is 15.9 Å². The van der Waals surface area contributed by atoms with Crippen LogP contribution in [0.25, 0.3) is 0 Å². The molecule has 1 N–H and O–H groups in total. The van der Waals surface area contributed by atoms with E-state index in [0.717, 1.165) is 6.26 Å². The third kappa shape index (κ3) is 4.67. The number of amides is 1. The molecule has 2 aromatic rings. The molecule has 1 heterocycles. The van der Waals surface area contributed by atoms with Crippen molar-refractivity contribution in [2.75, 3.05) is 37.9 Å². The second-order valence-electron chi connectivity index (χ2n) is 6.72. The Bertz CT molecular complexity index is 1140. The molecule has 0 bridgehead atoms. The van der Waals surface area contributed by atoms with Crippen LogP contribution in [0, 0.1) is 6.92 Å². The van der Waals surface area contributed by atoms with Crippen LogP contribution in [0.15, 0.2) is 52.3 Å². The molecule has 1 aliphatic rings. The highest BCUT2D eigenvalue weighted by Crippen LogP contribution is 2.24. The fraction of sp³-hybridized carbons (Fsp3) is 0.316. The third-order valence-corrected chi connectivity index (χ3v) is 7.65. The number of hydrogen-bond donors (Lipinski definition) is 1. The average molecular weight is 439 g/mol. The standard InChI is InChI=1S/C19H22N2O6S2/c1-14-7-8-15(29(25,26)21-9-11-27-12-10-21)13-16(14)19(22)20-17-5-3-4-6-18(17)28(2,23)24/h3-8,13H,9-12H2,1-2H3,(H,20,22). The maximum atomic E-state index is 12.9. The number of aryl methyl sites for hydroxylation is 1. The average Bonchev–Trinajstić information content (AvgIpc) is 2.68. The number of anilines is 1. The number of rotatable bonds is 5. The van der Waals surface area contributed by atoms with E-state index in [2.05, 4.69) is 5.32 Å². The van der Waals surface area contributed by atoms with Crippen LogP contribution >= 0.6 is 0 Å². The highest BCUT2D eigenvalue weighted by molar-refractivity contribution is 7.91. The molecule has 0 saturated carbocycles. The van der Waals surface area contributed by atoms with Crippen molar-refractivity contribution in [2.45, 2.75) is 16.7 Å². The van der Waals surface area contributed by atoms with Crippen molar-refractivity contribution in [3.05, 3.63) is 53.6 Å². The number of sulfonamides is 1. The second-order valence-corrected chi connectivity index (χ2v) is 10.6. The number of ether oxygens (including phenoxy) is 1. The maximum Gasteiger partial charge on any atom is 0.256 e. The van der Waals surface area contributed by atoms with Gasteiger partial charge in [-0.25, -0.2) is 16.8 Å². The van der Waals surface area contributed by atoms with Crippen LogP contribution in [0.5, 0.6) is 0 Å². The third-order valence-electron chi connectivity index (χ3n) is 4.60. The topological polar surface area (TPSA) is 110 Å². The minimum atomic E-state index is -3.76. The number of carbonyl (C=O) groups is 1. The number of nitrogens with one attached hydrogen (secondary N) is 1. The van der Waals surface area contributed by atoms with Crippen molar-refractivity contribution < 1.29 is 26.4 Å². The first-order valence-corrected chi connectivity index (χ1v) is 12.2. The number of nitrogens with zero attached hydrogens (tertiary/aromatic N) is 1. The molecule has 2 aromatic carbocycles.